The van der Waals surface area contributed by atoms with E-state index in [1.165, 1.54) is 0 Å². The lowest BCUT2D eigenvalue weighted by Crippen LogP contribution is -2.41. The van der Waals surface area contributed by atoms with Gasteiger partial charge in [-0.15, -0.1) is 0 Å². The highest BCUT2D eigenvalue weighted by molar-refractivity contribution is 6.02. The van der Waals surface area contributed by atoms with Gasteiger partial charge in [0.05, 0.1) is 12.8 Å². The highest BCUT2D eigenvalue weighted by Crippen LogP contribution is 2.40. The maximum Gasteiger partial charge on any atom is 0.147 e. The zero-order valence-corrected chi connectivity index (χ0v) is 14.3. The molecule has 116 valence electrons. The Kier molecular flexibility index (Phi) is 4.31. The van der Waals surface area contributed by atoms with Crippen molar-refractivity contribution in [2.45, 2.75) is 53.6 Å². The van der Waals surface area contributed by atoms with E-state index in [-0.39, 0.29) is 5.60 Å². The fourth-order valence-corrected chi connectivity index (χ4v) is 3.35. The van der Waals surface area contributed by atoms with Crippen LogP contribution in [0.5, 0.6) is 5.75 Å². The zero-order valence-electron chi connectivity index (χ0n) is 14.3. The first kappa shape index (κ1) is 15.9. The van der Waals surface area contributed by atoms with Crippen molar-refractivity contribution < 1.29 is 9.57 Å². The van der Waals surface area contributed by atoms with E-state index < -0.39 is 0 Å². The molecule has 0 aromatic heterocycles. The molecule has 1 aromatic rings. The lowest BCUT2D eigenvalue weighted by atomic mass is 9.76. The molecule has 0 aliphatic carbocycles. The highest BCUT2D eigenvalue weighted by atomic mass is 16.7. The Bertz CT molecular complexity index is 527. The van der Waals surface area contributed by atoms with Gasteiger partial charge in [0.1, 0.15) is 11.4 Å². The van der Waals surface area contributed by atoms with Crippen molar-refractivity contribution in [3.63, 3.8) is 0 Å². The minimum Gasteiger partial charge on any atom is -0.496 e. The number of hydrogen-bond donors (Lipinski definition) is 0. The van der Waals surface area contributed by atoms with Crippen LogP contribution in [0.2, 0.25) is 0 Å². The number of rotatable bonds is 4. The predicted octanol–water partition coefficient (Wildman–Crippen LogP) is 4.49. The third-order valence-corrected chi connectivity index (χ3v) is 4.72. The standard InChI is InChI=1S/C18H27NO2/c1-11(2)18(12(3)4)10-16(19-21-18)15-8-13(5)17(20-7)14(6)9-15/h8-9,11-12H,10H2,1-7H3. The normalized spacial score (nSPS) is 17.1. The molecule has 21 heavy (non-hydrogen) atoms. The van der Waals surface area contributed by atoms with Crippen LogP contribution in [0.3, 0.4) is 0 Å². The molecule has 0 fully saturated rings. The van der Waals surface area contributed by atoms with Gasteiger partial charge in [0.15, 0.2) is 0 Å². The van der Waals surface area contributed by atoms with E-state index in [1.807, 2.05) is 0 Å². The average Bonchev–Trinajstić information content (AvgIpc) is 2.84. The van der Waals surface area contributed by atoms with Crippen LogP contribution in [-0.2, 0) is 4.84 Å². The predicted molar refractivity (Wildman–Crippen MR) is 87.1 cm³/mol. The first-order valence-electron chi connectivity index (χ1n) is 7.72. The molecule has 3 heteroatoms. The number of benzene rings is 1. The molecule has 0 amide bonds. The first-order chi connectivity index (χ1) is 9.81. The van der Waals surface area contributed by atoms with Crippen LogP contribution < -0.4 is 4.74 Å². The third-order valence-electron chi connectivity index (χ3n) is 4.72. The molecule has 1 aliphatic rings. The van der Waals surface area contributed by atoms with Crippen LogP contribution in [0.25, 0.3) is 0 Å². The Hall–Kier alpha value is -1.51. The summed E-state index contributed by atoms with van der Waals surface area (Å²) in [5.74, 6) is 1.82. The summed E-state index contributed by atoms with van der Waals surface area (Å²) >= 11 is 0. The smallest absolute Gasteiger partial charge is 0.147 e. The van der Waals surface area contributed by atoms with Crippen molar-refractivity contribution in [1.29, 1.82) is 0 Å². The second-order valence-electron chi connectivity index (χ2n) is 6.71. The lowest BCUT2D eigenvalue weighted by Gasteiger charge is -2.34. The molecule has 1 aliphatic heterocycles. The molecule has 2 rings (SSSR count). The van der Waals surface area contributed by atoms with Crippen molar-refractivity contribution in [1.82, 2.24) is 0 Å². The fraction of sp³-hybridized carbons (Fsp3) is 0.611. The molecule has 1 heterocycles. The summed E-state index contributed by atoms with van der Waals surface area (Å²) in [6.45, 7) is 13.0. The number of aryl methyl sites for hydroxylation is 2. The number of nitrogens with zero attached hydrogens (tertiary/aromatic N) is 1. The summed E-state index contributed by atoms with van der Waals surface area (Å²) in [5, 5.41) is 4.42. The van der Waals surface area contributed by atoms with Gasteiger partial charge in [-0.1, -0.05) is 32.9 Å². The van der Waals surface area contributed by atoms with Gasteiger partial charge >= 0.3 is 0 Å². The minimum absolute atomic E-state index is 0.183. The van der Waals surface area contributed by atoms with Crippen molar-refractivity contribution in [3.05, 3.63) is 28.8 Å². The molecule has 0 saturated carbocycles. The van der Waals surface area contributed by atoms with Gasteiger partial charge in [0.2, 0.25) is 0 Å². The number of oxime groups is 1. The topological polar surface area (TPSA) is 30.8 Å². The van der Waals surface area contributed by atoms with Gasteiger partial charge in [0, 0.05) is 12.0 Å². The molecule has 1 aromatic carbocycles. The lowest BCUT2D eigenvalue weighted by molar-refractivity contribution is -0.0869. The van der Waals surface area contributed by atoms with E-state index in [9.17, 15) is 0 Å². The van der Waals surface area contributed by atoms with Gasteiger partial charge in [-0.3, -0.25) is 0 Å². The van der Waals surface area contributed by atoms with E-state index >= 15 is 0 Å². The Morgan fingerprint density at radius 1 is 1.10 bits per heavy atom. The van der Waals surface area contributed by atoms with E-state index in [0.717, 1.165) is 34.6 Å². The molecular weight excluding hydrogens is 262 g/mol. The quantitative estimate of drug-likeness (QED) is 0.817. The van der Waals surface area contributed by atoms with E-state index in [0.29, 0.717) is 11.8 Å². The zero-order chi connectivity index (χ0) is 15.8. The average molecular weight is 289 g/mol. The van der Waals surface area contributed by atoms with Gasteiger partial charge < -0.3 is 9.57 Å². The highest BCUT2D eigenvalue weighted by Gasteiger charge is 2.45. The maximum atomic E-state index is 5.92. The first-order valence-corrected chi connectivity index (χ1v) is 7.72. The largest absolute Gasteiger partial charge is 0.496 e. The second-order valence-corrected chi connectivity index (χ2v) is 6.71. The number of hydrogen-bond acceptors (Lipinski definition) is 3. The molecule has 3 nitrogen and oxygen atoms in total. The molecule has 0 bridgehead atoms. The van der Waals surface area contributed by atoms with Crippen molar-refractivity contribution in [3.8, 4) is 5.75 Å². The maximum absolute atomic E-state index is 5.92. The molecule has 0 saturated heterocycles. The number of methoxy groups -OCH3 is 1. The molecule has 0 N–H and O–H groups in total. The molecule has 0 radical (unpaired) electrons. The van der Waals surface area contributed by atoms with Gasteiger partial charge in [0.25, 0.3) is 0 Å². The van der Waals surface area contributed by atoms with Crippen molar-refractivity contribution >= 4 is 5.71 Å². The summed E-state index contributed by atoms with van der Waals surface area (Å²) < 4.78 is 5.44. The van der Waals surface area contributed by atoms with Crippen LogP contribution in [0.4, 0.5) is 0 Å². The van der Waals surface area contributed by atoms with E-state index in [4.69, 9.17) is 9.57 Å². The Balaban J connectivity index is 2.34. The summed E-state index contributed by atoms with van der Waals surface area (Å²) in [5.41, 5.74) is 4.29. The Labute approximate surface area is 128 Å². The fourth-order valence-electron chi connectivity index (χ4n) is 3.35. The second kappa shape index (κ2) is 5.70. The summed E-state index contributed by atoms with van der Waals surface area (Å²) in [6.07, 6.45) is 0.869. The summed E-state index contributed by atoms with van der Waals surface area (Å²) in [6, 6.07) is 4.29. The van der Waals surface area contributed by atoms with Crippen LogP contribution >= 0.6 is 0 Å². The SMILES string of the molecule is COc1c(C)cc(C2=NOC(C(C)C)(C(C)C)C2)cc1C. The molecule has 0 atom stereocenters. The number of ether oxygens (including phenoxy) is 1. The summed E-state index contributed by atoms with van der Waals surface area (Å²) in [4.78, 5) is 5.92. The molecule has 0 spiro atoms. The molecule has 0 unspecified atom stereocenters. The monoisotopic (exact) mass is 289 g/mol. The van der Waals surface area contributed by atoms with E-state index in [1.54, 1.807) is 7.11 Å². The van der Waals surface area contributed by atoms with Crippen LogP contribution in [0.1, 0.15) is 50.8 Å². The summed E-state index contributed by atoms with van der Waals surface area (Å²) in [7, 11) is 1.72. The van der Waals surface area contributed by atoms with Crippen LogP contribution in [0, 0.1) is 25.7 Å². The van der Waals surface area contributed by atoms with Crippen molar-refractivity contribution in [2.24, 2.45) is 17.0 Å². The van der Waals surface area contributed by atoms with Crippen molar-refractivity contribution in [2.75, 3.05) is 7.11 Å². The van der Waals surface area contributed by atoms with Gasteiger partial charge in [-0.2, -0.15) is 0 Å². The Morgan fingerprint density at radius 2 is 1.62 bits per heavy atom. The van der Waals surface area contributed by atoms with Gasteiger partial charge in [-0.05, 0) is 48.9 Å². The van der Waals surface area contributed by atoms with Gasteiger partial charge in [-0.25, -0.2) is 0 Å². The molecular formula is C18H27NO2. The van der Waals surface area contributed by atoms with Crippen LogP contribution in [0.15, 0.2) is 17.3 Å². The third kappa shape index (κ3) is 2.66. The minimum atomic E-state index is -0.183. The van der Waals surface area contributed by atoms with Crippen LogP contribution in [-0.4, -0.2) is 18.4 Å². The Morgan fingerprint density at radius 3 is 2.00 bits per heavy atom. The van der Waals surface area contributed by atoms with E-state index in [2.05, 4.69) is 58.8 Å².